The Balaban J connectivity index is 1.28. The summed E-state index contributed by atoms with van der Waals surface area (Å²) in [5.74, 6) is 0.179. The van der Waals surface area contributed by atoms with E-state index in [2.05, 4.69) is 61.0 Å². The number of nitrogens with zero attached hydrogens (tertiary/aromatic N) is 1. The lowest BCUT2D eigenvalue weighted by Gasteiger charge is -2.34. The number of nitrogens with one attached hydrogen (secondary N) is 1. The van der Waals surface area contributed by atoms with Crippen molar-refractivity contribution in [2.24, 2.45) is 5.41 Å². The van der Waals surface area contributed by atoms with Gasteiger partial charge in [0.25, 0.3) is 0 Å². The molecule has 0 radical (unpaired) electrons. The number of thiazole rings is 1. The van der Waals surface area contributed by atoms with E-state index in [1.807, 2.05) is 0 Å². The average Bonchev–Trinajstić information content (AvgIpc) is 3.31. The molecule has 2 N–H and O–H groups in total. The first-order valence-electron chi connectivity index (χ1n) is 12.2. The van der Waals surface area contributed by atoms with E-state index in [4.69, 9.17) is 9.72 Å². The maximum Gasteiger partial charge on any atom is 0.335 e. The molecule has 1 aliphatic rings. The molecule has 3 aromatic carbocycles. The van der Waals surface area contributed by atoms with Crippen molar-refractivity contribution in [3.05, 3.63) is 71.8 Å². The number of hydrogen-bond donors (Lipinski definition) is 2. The van der Waals surface area contributed by atoms with Crippen molar-refractivity contribution in [2.75, 3.05) is 11.8 Å². The second kappa shape index (κ2) is 10.1. The van der Waals surface area contributed by atoms with Crippen LogP contribution in [0.15, 0.2) is 65.6 Å². The fourth-order valence-corrected chi connectivity index (χ4v) is 6.40. The number of fused-ring (bicyclic) bond motifs is 1. The van der Waals surface area contributed by atoms with Crippen molar-refractivity contribution in [3.63, 3.8) is 0 Å². The first kappa shape index (κ1) is 24.7. The summed E-state index contributed by atoms with van der Waals surface area (Å²) in [6.45, 7) is 4.77. The van der Waals surface area contributed by atoms with Crippen LogP contribution in [0.3, 0.4) is 0 Å². The number of benzene rings is 3. The Labute approximate surface area is 220 Å². The molecule has 0 aliphatic heterocycles. The molecule has 0 bridgehead atoms. The second-order valence-electron chi connectivity index (χ2n) is 10.1. The summed E-state index contributed by atoms with van der Waals surface area (Å²) >= 11 is 3.15. The maximum atomic E-state index is 11.2. The standard InChI is InChI=1S/C29H30N2O3S2/c1-29(2)14-12-19(13-15-29)18-4-6-20(7-5-18)27-30-24-17-22(9-11-26(24)35-27)36-31-23-10-8-21(28(32)33)16-25(23)34-3/h4-11,16-17,19,31H,12-15H2,1-3H3,(H,32,33). The van der Waals surface area contributed by atoms with E-state index < -0.39 is 5.97 Å². The van der Waals surface area contributed by atoms with Crippen LogP contribution in [0.1, 0.15) is 61.4 Å². The number of methoxy groups -OCH3 is 1. The van der Waals surface area contributed by atoms with Gasteiger partial charge in [-0.3, -0.25) is 0 Å². The van der Waals surface area contributed by atoms with Crippen molar-refractivity contribution >= 4 is 45.2 Å². The molecular formula is C29H30N2O3S2. The Hall–Kier alpha value is -3.03. The van der Waals surface area contributed by atoms with Crippen LogP contribution < -0.4 is 9.46 Å². The number of ether oxygens (including phenoxy) is 1. The van der Waals surface area contributed by atoms with Gasteiger partial charge in [-0.25, -0.2) is 9.78 Å². The summed E-state index contributed by atoms with van der Waals surface area (Å²) in [5.41, 5.74) is 4.97. The minimum absolute atomic E-state index is 0.189. The number of carbonyl (C=O) groups is 1. The topological polar surface area (TPSA) is 71.5 Å². The summed E-state index contributed by atoms with van der Waals surface area (Å²) in [6.07, 6.45) is 5.15. The van der Waals surface area contributed by atoms with Gasteiger partial charge in [0.05, 0.1) is 28.6 Å². The van der Waals surface area contributed by atoms with Crippen LogP contribution >= 0.6 is 23.3 Å². The molecule has 1 fully saturated rings. The van der Waals surface area contributed by atoms with Crippen molar-refractivity contribution < 1.29 is 14.6 Å². The van der Waals surface area contributed by atoms with Gasteiger partial charge in [-0.1, -0.05) is 38.1 Å². The largest absolute Gasteiger partial charge is 0.495 e. The highest BCUT2D eigenvalue weighted by Gasteiger charge is 2.27. The van der Waals surface area contributed by atoms with E-state index in [1.165, 1.54) is 56.4 Å². The monoisotopic (exact) mass is 518 g/mol. The highest BCUT2D eigenvalue weighted by Crippen LogP contribution is 2.43. The number of carboxylic acids is 1. The second-order valence-corrected chi connectivity index (χ2v) is 12.0. The molecule has 7 heteroatoms. The number of aromatic nitrogens is 1. The predicted octanol–water partition coefficient (Wildman–Crippen LogP) is 8.47. The summed E-state index contributed by atoms with van der Waals surface area (Å²) < 4.78 is 9.77. The van der Waals surface area contributed by atoms with E-state index >= 15 is 0 Å². The first-order chi connectivity index (χ1) is 17.3. The maximum absolute atomic E-state index is 11.2. The zero-order valence-electron chi connectivity index (χ0n) is 20.7. The van der Waals surface area contributed by atoms with Crippen LogP contribution in [0.2, 0.25) is 0 Å². The Morgan fingerprint density at radius 3 is 2.53 bits per heavy atom. The summed E-state index contributed by atoms with van der Waals surface area (Å²) in [5, 5.41) is 10.2. The zero-order chi connectivity index (χ0) is 25.3. The van der Waals surface area contributed by atoms with Crippen LogP contribution in [0.4, 0.5) is 5.69 Å². The average molecular weight is 519 g/mol. The molecule has 0 unspecified atom stereocenters. The van der Waals surface area contributed by atoms with Gasteiger partial charge < -0.3 is 14.6 Å². The Morgan fingerprint density at radius 2 is 1.83 bits per heavy atom. The summed E-state index contributed by atoms with van der Waals surface area (Å²) in [7, 11) is 1.53. The molecule has 1 aliphatic carbocycles. The van der Waals surface area contributed by atoms with Crippen molar-refractivity contribution in [3.8, 4) is 16.3 Å². The lowest BCUT2D eigenvalue weighted by molar-refractivity contribution is 0.0696. The number of rotatable bonds is 7. The van der Waals surface area contributed by atoms with Crippen LogP contribution in [-0.4, -0.2) is 23.2 Å². The molecule has 1 aromatic heterocycles. The fourth-order valence-electron chi connectivity index (χ4n) is 4.75. The van der Waals surface area contributed by atoms with Crippen LogP contribution in [0, 0.1) is 5.41 Å². The van der Waals surface area contributed by atoms with Crippen LogP contribution in [0.5, 0.6) is 5.75 Å². The molecule has 0 saturated heterocycles. The molecule has 5 rings (SSSR count). The van der Waals surface area contributed by atoms with Gasteiger partial charge >= 0.3 is 5.97 Å². The molecule has 4 aromatic rings. The Kier molecular flexibility index (Phi) is 6.95. The Bertz CT molecular complexity index is 1390. The molecule has 0 atom stereocenters. The van der Waals surface area contributed by atoms with Crippen LogP contribution in [0.25, 0.3) is 20.8 Å². The molecule has 186 valence electrons. The third kappa shape index (κ3) is 5.37. The molecule has 5 nitrogen and oxygen atoms in total. The number of hydrogen-bond acceptors (Lipinski definition) is 6. The number of aromatic carboxylic acids is 1. The lowest BCUT2D eigenvalue weighted by Crippen LogP contribution is -2.20. The van der Waals surface area contributed by atoms with Crippen molar-refractivity contribution in [1.82, 2.24) is 4.98 Å². The molecule has 1 saturated carbocycles. The van der Waals surface area contributed by atoms with Gasteiger partial charge in [0.1, 0.15) is 10.8 Å². The van der Waals surface area contributed by atoms with Crippen LogP contribution in [-0.2, 0) is 0 Å². The quantitative estimate of drug-likeness (QED) is 0.239. The fraction of sp³-hybridized carbons (Fsp3) is 0.310. The minimum Gasteiger partial charge on any atom is -0.495 e. The molecule has 0 spiro atoms. The van der Waals surface area contributed by atoms with Gasteiger partial charge in [-0.05, 0) is 90.9 Å². The molecule has 1 heterocycles. The van der Waals surface area contributed by atoms with E-state index in [1.54, 1.807) is 23.5 Å². The Morgan fingerprint density at radius 1 is 1.08 bits per heavy atom. The normalized spacial score (nSPS) is 15.6. The third-order valence-electron chi connectivity index (χ3n) is 7.05. The zero-order valence-corrected chi connectivity index (χ0v) is 22.3. The van der Waals surface area contributed by atoms with Gasteiger partial charge in [0.15, 0.2) is 0 Å². The number of carboxylic acid groups (broad SMARTS) is 1. The lowest BCUT2D eigenvalue weighted by atomic mass is 9.71. The van der Waals surface area contributed by atoms with Crippen molar-refractivity contribution in [1.29, 1.82) is 0 Å². The van der Waals surface area contributed by atoms with Crippen molar-refractivity contribution in [2.45, 2.75) is 50.3 Å². The molecular weight excluding hydrogens is 488 g/mol. The van der Waals surface area contributed by atoms with Gasteiger partial charge in [-0.15, -0.1) is 11.3 Å². The highest BCUT2D eigenvalue weighted by atomic mass is 32.2. The highest BCUT2D eigenvalue weighted by molar-refractivity contribution is 8.00. The smallest absolute Gasteiger partial charge is 0.335 e. The van der Waals surface area contributed by atoms with E-state index in [9.17, 15) is 9.90 Å². The summed E-state index contributed by atoms with van der Waals surface area (Å²) in [4.78, 5) is 17.1. The summed E-state index contributed by atoms with van der Waals surface area (Å²) in [6, 6.07) is 20.0. The third-order valence-corrected chi connectivity index (χ3v) is 8.95. The van der Waals surface area contributed by atoms with Gasteiger partial charge in [-0.2, -0.15) is 0 Å². The van der Waals surface area contributed by atoms with E-state index in [0.29, 0.717) is 22.8 Å². The van der Waals surface area contributed by atoms with Gasteiger partial charge in [0, 0.05) is 10.5 Å². The first-order valence-corrected chi connectivity index (χ1v) is 13.8. The predicted molar refractivity (Wildman–Crippen MR) is 149 cm³/mol. The number of anilines is 1. The van der Waals surface area contributed by atoms with Gasteiger partial charge in [0.2, 0.25) is 0 Å². The minimum atomic E-state index is -0.982. The SMILES string of the molecule is COc1cc(C(=O)O)ccc1NSc1ccc2sc(-c3ccc(C4CCC(C)(C)CC4)cc3)nc2c1. The molecule has 0 amide bonds. The van der Waals surface area contributed by atoms with E-state index in [0.717, 1.165) is 25.7 Å². The van der Waals surface area contributed by atoms with E-state index in [-0.39, 0.29) is 5.56 Å². The molecule has 36 heavy (non-hydrogen) atoms.